The van der Waals surface area contributed by atoms with Crippen molar-refractivity contribution in [2.45, 2.75) is 38.0 Å². The largest absolute Gasteiger partial charge is 0.354 e. The number of fused-ring (bicyclic) bond motifs is 3. The number of guanidine groups is 1. The number of nitrogens with zero attached hydrogens (tertiary/aromatic N) is 4. The van der Waals surface area contributed by atoms with Crippen molar-refractivity contribution in [1.82, 2.24) is 20.0 Å². The van der Waals surface area contributed by atoms with Gasteiger partial charge in [-0.15, -0.1) is 0 Å². The van der Waals surface area contributed by atoms with Gasteiger partial charge in [0.2, 0.25) is 0 Å². The minimum atomic E-state index is -0.399. The van der Waals surface area contributed by atoms with Gasteiger partial charge in [0.1, 0.15) is 0 Å². The first-order valence-corrected chi connectivity index (χ1v) is 6.66. The van der Waals surface area contributed by atoms with E-state index in [4.69, 9.17) is 0 Å². The quantitative estimate of drug-likeness (QED) is 0.650. The van der Waals surface area contributed by atoms with Gasteiger partial charge in [0.05, 0.1) is 0 Å². The predicted molar refractivity (Wildman–Crippen MR) is 69.5 cm³/mol. The smallest absolute Gasteiger partial charge is 0.328 e. The summed E-state index contributed by atoms with van der Waals surface area (Å²) in [4.78, 5) is 33.6. The molecule has 0 aromatic heterocycles. The molecular weight excluding hydrogens is 246 g/mol. The minimum absolute atomic E-state index is 0.164. The maximum Gasteiger partial charge on any atom is 0.328 e. The van der Waals surface area contributed by atoms with Crippen LogP contribution in [0, 0.1) is 0 Å². The van der Waals surface area contributed by atoms with Gasteiger partial charge in [-0.1, -0.05) is 0 Å². The maximum atomic E-state index is 12.3. The molecule has 19 heavy (non-hydrogen) atoms. The molecule has 0 saturated carbocycles. The molecule has 3 aliphatic rings. The van der Waals surface area contributed by atoms with E-state index in [2.05, 4.69) is 17.2 Å². The molecule has 3 amide bonds. The van der Waals surface area contributed by atoms with E-state index < -0.39 is 6.17 Å². The van der Waals surface area contributed by atoms with E-state index in [1.807, 2.05) is 4.90 Å². The molecule has 3 rings (SSSR count). The number of likely N-dealkylation sites (N-methyl/N-ethyl adjacent to an activating group) is 2. The number of rotatable bonds is 0. The standard InChI is InChI=1S/C12H19N5O2/c1-7-5-4-6-17-8-9(14-11(17)13-7)15(2)12(19)16(3)10(8)18/h7-9H,4-6H2,1-3H3,(H,13,14). The minimum Gasteiger partial charge on any atom is -0.354 e. The second kappa shape index (κ2) is 4.11. The zero-order valence-corrected chi connectivity index (χ0v) is 11.5. The average molecular weight is 265 g/mol. The summed E-state index contributed by atoms with van der Waals surface area (Å²) >= 11 is 0. The van der Waals surface area contributed by atoms with E-state index in [-0.39, 0.29) is 18.0 Å². The molecule has 3 atom stereocenters. The van der Waals surface area contributed by atoms with Crippen molar-refractivity contribution in [3.05, 3.63) is 0 Å². The highest BCUT2D eigenvalue weighted by Gasteiger charge is 2.51. The normalized spacial score (nSPS) is 34.6. The Balaban J connectivity index is 1.96. The lowest BCUT2D eigenvalue weighted by Gasteiger charge is -2.39. The van der Waals surface area contributed by atoms with Crippen molar-refractivity contribution in [3.63, 3.8) is 0 Å². The topological polar surface area (TPSA) is 68.2 Å². The zero-order valence-electron chi connectivity index (χ0n) is 11.5. The lowest BCUT2D eigenvalue weighted by molar-refractivity contribution is -0.136. The average Bonchev–Trinajstić information content (AvgIpc) is 2.63. The molecule has 7 nitrogen and oxygen atoms in total. The van der Waals surface area contributed by atoms with Gasteiger partial charge in [-0.2, -0.15) is 0 Å². The fourth-order valence-electron chi connectivity index (χ4n) is 2.99. The maximum absolute atomic E-state index is 12.3. The van der Waals surface area contributed by atoms with Crippen LogP contribution in [-0.4, -0.2) is 71.5 Å². The third kappa shape index (κ3) is 1.67. The highest BCUT2D eigenvalue weighted by molar-refractivity contribution is 6.03. The number of nitrogens with one attached hydrogen (secondary N) is 1. The summed E-state index contributed by atoms with van der Waals surface area (Å²) < 4.78 is 0. The molecular formula is C12H19N5O2. The first kappa shape index (κ1) is 12.3. The third-order valence-corrected chi connectivity index (χ3v) is 4.13. The molecule has 3 unspecified atom stereocenters. The number of urea groups is 1. The molecule has 0 aliphatic carbocycles. The number of carbonyl (C=O) groups is 2. The molecule has 2 saturated heterocycles. The van der Waals surface area contributed by atoms with Crippen molar-refractivity contribution in [2.24, 2.45) is 4.99 Å². The number of hydrogen-bond acceptors (Lipinski definition) is 5. The second-order valence-electron chi connectivity index (χ2n) is 5.48. The first-order valence-electron chi connectivity index (χ1n) is 6.66. The van der Waals surface area contributed by atoms with Crippen LogP contribution >= 0.6 is 0 Å². The number of amides is 3. The van der Waals surface area contributed by atoms with E-state index in [0.29, 0.717) is 6.04 Å². The van der Waals surface area contributed by atoms with E-state index >= 15 is 0 Å². The molecule has 3 heterocycles. The van der Waals surface area contributed by atoms with Crippen LogP contribution in [0.2, 0.25) is 0 Å². The Kier molecular flexibility index (Phi) is 2.65. The molecule has 0 aromatic rings. The molecule has 0 radical (unpaired) electrons. The van der Waals surface area contributed by atoms with E-state index in [1.54, 1.807) is 11.9 Å². The Morgan fingerprint density at radius 3 is 2.79 bits per heavy atom. The molecule has 104 valence electrons. The lowest BCUT2D eigenvalue weighted by atomic mass is 10.1. The van der Waals surface area contributed by atoms with Gasteiger partial charge in [-0.25, -0.2) is 9.79 Å². The van der Waals surface area contributed by atoms with Crippen LogP contribution in [0.5, 0.6) is 0 Å². The van der Waals surface area contributed by atoms with Crippen molar-refractivity contribution in [3.8, 4) is 0 Å². The molecule has 0 bridgehead atoms. The Morgan fingerprint density at radius 1 is 1.32 bits per heavy atom. The number of aliphatic imine (C=N–C) groups is 1. The summed E-state index contributed by atoms with van der Waals surface area (Å²) in [6.45, 7) is 2.91. The van der Waals surface area contributed by atoms with Crippen LogP contribution < -0.4 is 5.32 Å². The number of carbonyl (C=O) groups excluding carboxylic acids is 2. The van der Waals surface area contributed by atoms with E-state index in [1.165, 1.54) is 11.9 Å². The van der Waals surface area contributed by atoms with Gasteiger partial charge in [0.15, 0.2) is 18.2 Å². The van der Waals surface area contributed by atoms with Crippen molar-refractivity contribution in [1.29, 1.82) is 0 Å². The summed E-state index contributed by atoms with van der Waals surface area (Å²) in [5.74, 6) is 0.589. The lowest BCUT2D eigenvalue weighted by Crippen LogP contribution is -2.64. The molecule has 2 fully saturated rings. The van der Waals surface area contributed by atoms with Gasteiger partial charge in [0.25, 0.3) is 5.91 Å². The molecule has 0 aromatic carbocycles. The van der Waals surface area contributed by atoms with Gasteiger partial charge >= 0.3 is 6.03 Å². The monoisotopic (exact) mass is 265 g/mol. The van der Waals surface area contributed by atoms with Gasteiger partial charge in [-0.3, -0.25) is 9.69 Å². The predicted octanol–water partition coefficient (Wildman–Crippen LogP) is -0.352. The first-order chi connectivity index (χ1) is 9.00. The third-order valence-electron chi connectivity index (χ3n) is 4.13. The fourth-order valence-corrected chi connectivity index (χ4v) is 2.99. The zero-order chi connectivity index (χ0) is 13.7. The number of imide groups is 1. The Morgan fingerprint density at radius 2 is 2.05 bits per heavy atom. The van der Waals surface area contributed by atoms with Crippen LogP contribution in [-0.2, 0) is 4.79 Å². The highest BCUT2D eigenvalue weighted by atomic mass is 16.2. The second-order valence-corrected chi connectivity index (χ2v) is 5.48. The highest BCUT2D eigenvalue weighted by Crippen LogP contribution is 2.28. The van der Waals surface area contributed by atoms with Crippen LogP contribution in [0.3, 0.4) is 0 Å². The summed E-state index contributed by atoms with van der Waals surface area (Å²) in [7, 11) is 3.23. The number of hydrogen-bond donors (Lipinski definition) is 1. The summed E-state index contributed by atoms with van der Waals surface area (Å²) in [5, 5.41) is 3.34. The van der Waals surface area contributed by atoms with Gasteiger partial charge in [-0.05, 0) is 19.8 Å². The van der Waals surface area contributed by atoms with Crippen molar-refractivity contribution < 1.29 is 9.59 Å². The fraction of sp³-hybridized carbons (Fsp3) is 0.750. The van der Waals surface area contributed by atoms with Crippen LogP contribution in [0.1, 0.15) is 19.8 Å². The van der Waals surface area contributed by atoms with Crippen LogP contribution in [0.15, 0.2) is 4.99 Å². The van der Waals surface area contributed by atoms with Gasteiger partial charge < -0.3 is 15.1 Å². The molecule has 7 heteroatoms. The SMILES string of the molecule is CC1CCCN2C(=NC3C2C(=O)N(C)C(=O)N3C)N1. The van der Waals surface area contributed by atoms with E-state index in [0.717, 1.165) is 25.3 Å². The summed E-state index contributed by atoms with van der Waals surface area (Å²) in [6.07, 6.45) is 1.68. The van der Waals surface area contributed by atoms with Gasteiger partial charge in [0, 0.05) is 26.7 Å². The van der Waals surface area contributed by atoms with Crippen molar-refractivity contribution in [2.75, 3.05) is 20.6 Å². The van der Waals surface area contributed by atoms with E-state index in [9.17, 15) is 9.59 Å². The van der Waals surface area contributed by atoms with Crippen molar-refractivity contribution >= 4 is 17.9 Å². The Hall–Kier alpha value is -1.79. The molecule has 3 aliphatic heterocycles. The van der Waals surface area contributed by atoms with Crippen LogP contribution in [0.25, 0.3) is 0 Å². The Bertz CT molecular complexity index is 463. The molecule has 0 spiro atoms. The Labute approximate surface area is 112 Å². The molecule has 1 N–H and O–H groups in total. The van der Waals surface area contributed by atoms with Crippen LogP contribution in [0.4, 0.5) is 4.79 Å². The summed E-state index contributed by atoms with van der Waals surface area (Å²) in [6, 6.07) is -0.320. The summed E-state index contributed by atoms with van der Waals surface area (Å²) in [5.41, 5.74) is 0.